The first-order valence-electron chi connectivity index (χ1n) is 7.85. The molecular weight excluding hydrogens is 348 g/mol. The van der Waals surface area contributed by atoms with E-state index in [1.807, 2.05) is 42.6 Å². The van der Waals surface area contributed by atoms with Gasteiger partial charge in [0.05, 0.1) is 11.9 Å². The molecule has 0 radical (unpaired) electrons. The third-order valence-electron chi connectivity index (χ3n) is 3.74. The van der Waals surface area contributed by atoms with Crippen molar-refractivity contribution in [2.45, 2.75) is 6.92 Å². The minimum absolute atomic E-state index is 0.299. The van der Waals surface area contributed by atoms with E-state index in [0.29, 0.717) is 16.6 Å². The lowest BCUT2D eigenvalue weighted by Gasteiger charge is -2.06. The number of aryl methyl sites for hydroxylation is 1. The summed E-state index contributed by atoms with van der Waals surface area (Å²) in [6, 6.07) is 9.34. The second-order valence-corrected chi connectivity index (χ2v) is 6.36. The molecule has 0 bridgehead atoms. The van der Waals surface area contributed by atoms with Gasteiger partial charge in [-0.05, 0) is 30.7 Å². The Morgan fingerprint density at radius 1 is 1.15 bits per heavy atom. The molecule has 0 atom stereocenters. The highest BCUT2D eigenvalue weighted by Crippen LogP contribution is 2.25. The summed E-state index contributed by atoms with van der Waals surface area (Å²) in [6.45, 7) is 1.98. The van der Waals surface area contributed by atoms with Crippen LogP contribution in [0.25, 0.3) is 17.2 Å². The number of thiazole rings is 1. The lowest BCUT2D eigenvalue weighted by Crippen LogP contribution is -2.16. The molecule has 1 N–H and O–H groups in total. The van der Waals surface area contributed by atoms with Crippen LogP contribution in [0.3, 0.4) is 0 Å². The Balaban J connectivity index is 1.57. The predicted molar refractivity (Wildman–Crippen MR) is 99.4 cm³/mol. The van der Waals surface area contributed by atoms with E-state index < -0.39 is 0 Å². The first kappa shape index (κ1) is 16.1. The minimum atomic E-state index is -0.299. The van der Waals surface area contributed by atoms with Crippen molar-refractivity contribution >= 4 is 22.4 Å². The molecule has 26 heavy (non-hydrogen) atoms. The van der Waals surface area contributed by atoms with Crippen LogP contribution in [0.5, 0.6) is 0 Å². The van der Waals surface area contributed by atoms with Crippen molar-refractivity contribution in [3.63, 3.8) is 0 Å². The van der Waals surface area contributed by atoms with Crippen LogP contribution in [0.15, 0.2) is 60.6 Å². The molecule has 0 fully saturated rings. The average molecular weight is 362 g/mol. The van der Waals surface area contributed by atoms with Crippen molar-refractivity contribution < 1.29 is 4.79 Å². The summed E-state index contributed by atoms with van der Waals surface area (Å²) in [7, 11) is 0. The zero-order valence-electron chi connectivity index (χ0n) is 13.8. The number of rotatable bonds is 4. The molecule has 4 heterocycles. The van der Waals surface area contributed by atoms with Crippen LogP contribution in [-0.4, -0.2) is 30.4 Å². The van der Waals surface area contributed by atoms with Crippen LogP contribution >= 0.6 is 11.3 Å². The van der Waals surface area contributed by atoms with Crippen LogP contribution in [0.1, 0.15) is 16.1 Å². The number of carbonyl (C=O) groups is 1. The number of nitrogens with zero attached hydrogens (tertiary/aromatic N) is 5. The monoisotopic (exact) mass is 362 g/mol. The zero-order chi connectivity index (χ0) is 17.9. The molecule has 0 aliphatic rings. The normalized spacial score (nSPS) is 10.7. The third kappa shape index (κ3) is 3.09. The molecule has 0 saturated heterocycles. The Morgan fingerprint density at radius 3 is 2.85 bits per heavy atom. The van der Waals surface area contributed by atoms with Gasteiger partial charge < -0.3 is 0 Å². The number of aromatic nitrogens is 5. The molecule has 1 amide bonds. The second-order valence-electron chi connectivity index (χ2n) is 5.50. The SMILES string of the molecule is Cc1cccnc1-c1csc(NC(=O)c2cncn2-c2ccccn2)n1. The summed E-state index contributed by atoms with van der Waals surface area (Å²) in [5.41, 5.74) is 2.96. The van der Waals surface area contributed by atoms with Gasteiger partial charge in [-0.1, -0.05) is 12.1 Å². The van der Waals surface area contributed by atoms with Crippen LogP contribution in [-0.2, 0) is 0 Å². The van der Waals surface area contributed by atoms with E-state index in [-0.39, 0.29) is 5.91 Å². The Morgan fingerprint density at radius 2 is 2.04 bits per heavy atom. The molecule has 4 aromatic rings. The molecule has 7 nitrogen and oxygen atoms in total. The number of hydrogen-bond donors (Lipinski definition) is 1. The van der Waals surface area contributed by atoms with Gasteiger partial charge in [-0.15, -0.1) is 11.3 Å². The lowest BCUT2D eigenvalue weighted by molar-refractivity contribution is 0.102. The maximum Gasteiger partial charge on any atom is 0.276 e. The quantitative estimate of drug-likeness (QED) is 0.602. The fourth-order valence-corrected chi connectivity index (χ4v) is 3.19. The molecular formula is C18H14N6OS. The number of carbonyl (C=O) groups excluding carboxylic acids is 1. The summed E-state index contributed by atoms with van der Waals surface area (Å²) in [5, 5.41) is 5.20. The van der Waals surface area contributed by atoms with Crippen LogP contribution in [0.4, 0.5) is 5.13 Å². The molecule has 0 aliphatic heterocycles. The molecule has 4 aromatic heterocycles. The average Bonchev–Trinajstić information content (AvgIpc) is 3.32. The molecule has 0 unspecified atom stereocenters. The van der Waals surface area contributed by atoms with Crippen molar-refractivity contribution in [2.75, 3.05) is 5.32 Å². The van der Waals surface area contributed by atoms with Crippen LogP contribution < -0.4 is 5.32 Å². The number of imidazole rings is 1. The highest BCUT2D eigenvalue weighted by atomic mass is 32.1. The van der Waals surface area contributed by atoms with Gasteiger partial charge >= 0.3 is 0 Å². The van der Waals surface area contributed by atoms with Gasteiger partial charge in [0.2, 0.25) is 0 Å². The molecule has 0 aromatic carbocycles. The smallest absolute Gasteiger partial charge is 0.276 e. The summed E-state index contributed by atoms with van der Waals surface area (Å²) in [5.74, 6) is 0.325. The molecule has 8 heteroatoms. The summed E-state index contributed by atoms with van der Waals surface area (Å²) in [4.78, 5) is 29.8. The van der Waals surface area contributed by atoms with E-state index in [1.54, 1.807) is 23.3 Å². The Kier molecular flexibility index (Phi) is 4.24. The van der Waals surface area contributed by atoms with Gasteiger partial charge in [0.1, 0.15) is 23.5 Å². The van der Waals surface area contributed by atoms with Gasteiger partial charge in [0.15, 0.2) is 5.13 Å². The lowest BCUT2D eigenvalue weighted by atomic mass is 10.2. The van der Waals surface area contributed by atoms with Crippen molar-refractivity contribution in [3.05, 3.63) is 71.9 Å². The van der Waals surface area contributed by atoms with Crippen molar-refractivity contribution in [3.8, 4) is 17.2 Å². The number of pyridine rings is 2. The maximum absolute atomic E-state index is 12.6. The summed E-state index contributed by atoms with van der Waals surface area (Å²) >= 11 is 1.35. The predicted octanol–water partition coefficient (Wildman–Crippen LogP) is 3.35. The Labute approximate surface area is 153 Å². The van der Waals surface area contributed by atoms with Crippen molar-refractivity contribution in [1.29, 1.82) is 0 Å². The molecule has 128 valence electrons. The Bertz CT molecular complexity index is 1060. The number of anilines is 1. The fourth-order valence-electron chi connectivity index (χ4n) is 2.50. The van der Waals surface area contributed by atoms with E-state index in [9.17, 15) is 4.79 Å². The number of hydrogen-bond acceptors (Lipinski definition) is 6. The second kappa shape index (κ2) is 6.85. The third-order valence-corrected chi connectivity index (χ3v) is 4.50. The van der Waals surface area contributed by atoms with E-state index in [2.05, 4.69) is 25.3 Å². The Hall–Kier alpha value is -3.39. The molecule has 4 rings (SSSR count). The standard InChI is InChI=1S/C18H14N6OS/c1-12-5-4-8-21-16(12)13-10-26-18(22-13)23-17(25)14-9-19-11-24(14)15-6-2-3-7-20-15/h2-11H,1H3,(H,22,23,25). The zero-order valence-corrected chi connectivity index (χ0v) is 14.6. The van der Waals surface area contributed by atoms with Crippen LogP contribution in [0, 0.1) is 6.92 Å². The molecule has 0 spiro atoms. The topological polar surface area (TPSA) is 85.6 Å². The summed E-state index contributed by atoms with van der Waals surface area (Å²) < 4.78 is 1.63. The highest BCUT2D eigenvalue weighted by molar-refractivity contribution is 7.14. The highest BCUT2D eigenvalue weighted by Gasteiger charge is 2.16. The van der Waals surface area contributed by atoms with Gasteiger partial charge in [0, 0.05) is 17.8 Å². The minimum Gasteiger partial charge on any atom is -0.296 e. The summed E-state index contributed by atoms with van der Waals surface area (Å²) in [6.07, 6.45) is 6.45. The van der Waals surface area contributed by atoms with E-state index >= 15 is 0 Å². The maximum atomic E-state index is 12.6. The first-order valence-corrected chi connectivity index (χ1v) is 8.73. The van der Waals surface area contributed by atoms with Gasteiger partial charge in [-0.2, -0.15) is 0 Å². The fraction of sp³-hybridized carbons (Fsp3) is 0.0556. The first-order chi connectivity index (χ1) is 12.7. The largest absolute Gasteiger partial charge is 0.296 e. The van der Waals surface area contributed by atoms with E-state index in [1.165, 1.54) is 17.5 Å². The van der Waals surface area contributed by atoms with E-state index in [0.717, 1.165) is 17.0 Å². The van der Waals surface area contributed by atoms with Gasteiger partial charge in [-0.25, -0.2) is 15.0 Å². The number of nitrogens with one attached hydrogen (secondary N) is 1. The van der Waals surface area contributed by atoms with Crippen molar-refractivity contribution in [1.82, 2.24) is 24.5 Å². The number of amides is 1. The molecule has 0 aliphatic carbocycles. The van der Waals surface area contributed by atoms with E-state index in [4.69, 9.17) is 0 Å². The van der Waals surface area contributed by atoms with Gasteiger partial charge in [0.25, 0.3) is 5.91 Å². The van der Waals surface area contributed by atoms with Crippen molar-refractivity contribution in [2.24, 2.45) is 0 Å². The van der Waals surface area contributed by atoms with Gasteiger partial charge in [-0.3, -0.25) is 19.7 Å². The van der Waals surface area contributed by atoms with Crippen LogP contribution in [0.2, 0.25) is 0 Å². The molecule has 0 saturated carbocycles.